The highest BCUT2D eigenvalue weighted by atomic mass is 16.7. The van der Waals surface area contributed by atoms with Gasteiger partial charge in [-0.25, -0.2) is 0 Å². The monoisotopic (exact) mass is 410 g/mol. The third kappa shape index (κ3) is 6.54. The van der Waals surface area contributed by atoms with Crippen molar-refractivity contribution >= 4 is 11.9 Å². The van der Waals surface area contributed by atoms with Gasteiger partial charge in [0.25, 0.3) is 0 Å². The molecule has 0 radical (unpaired) electrons. The Morgan fingerprint density at radius 2 is 1.14 bits per heavy atom. The van der Waals surface area contributed by atoms with Gasteiger partial charge in [0.15, 0.2) is 0 Å². The molecule has 29 heavy (non-hydrogen) atoms. The van der Waals surface area contributed by atoms with E-state index >= 15 is 0 Å². The topological polar surface area (TPSA) is 71.1 Å². The maximum Gasteiger partial charge on any atom is 0.312 e. The zero-order chi connectivity index (χ0) is 22.0. The van der Waals surface area contributed by atoms with Crippen LogP contribution in [0.5, 0.6) is 0 Å². The minimum Gasteiger partial charge on any atom is -0.433 e. The Balaban J connectivity index is 2.06. The van der Waals surface area contributed by atoms with Crippen molar-refractivity contribution in [1.29, 1.82) is 0 Å². The lowest BCUT2D eigenvalue weighted by Gasteiger charge is -2.33. The molecule has 4 unspecified atom stereocenters. The molecule has 0 N–H and O–H groups in total. The second-order valence-corrected chi connectivity index (χ2v) is 10.1. The highest BCUT2D eigenvalue weighted by Crippen LogP contribution is 2.49. The van der Waals surface area contributed by atoms with Crippen LogP contribution in [0.1, 0.15) is 61.8 Å². The SMILES string of the molecule is CC(C)COC(C)(C)OC(=O)C1C2C=CC(C2)C1C(=O)OC(C)(C)OCC(C)C. The smallest absolute Gasteiger partial charge is 0.312 e. The largest absolute Gasteiger partial charge is 0.433 e. The van der Waals surface area contributed by atoms with E-state index in [9.17, 15) is 9.59 Å². The van der Waals surface area contributed by atoms with Crippen molar-refractivity contribution in [3.05, 3.63) is 12.2 Å². The molecule has 0 saturated heterocycles. The second kappa shape index (κ2) is 9.17. The molecular formula is C23H38O6. The Labute approximate surface area is 175 Å². The van der Waals surface area contributed by atoms with Crippen LogP contribution in [0.2, 0.25) is 0 Å². The first kappa shape index (κ1) is 23.9. The van der Waals surface area contributed by atoms with Crippen LogP contribution in [0.4, 0.5) is 0 Å². The average Bonchev–Trinajstić information content (AvgIpc) is 3.19. The van der Waals surface area contributed by atoms with Gasteiger partial charge in [-0.15, -0.1) is 0 Å². The van der Waals surface area contributed by atoms with Crippen LogP contribution >= 0.6 is 0 Å². The molecule has 0 aromatic heterocycles. The van der Waals surface area contributed by atoms with Crippen LogP contribution in [0.25, 0.3) is 0 Å². The van der Waals surface area contributed by atoms with E-state index in [2.05, 4.69) is 0 Å². The van der Waals surface area contributed by atoms with E-state index in [1.54, 1.807) is 27.7 Å². The van der Waals surface area contributed by atoms with Gasteiger partial charge in [-0.1, -0.05) is 39.8 Å². The Hall–Kier alpha value is -1.40. The summed E-state index contributed by atoms with van der Waals surface area (Å²) in [5, 5.41) is 0. The summed E-state index contributed by atoms with van der Waals surface area (Å²) in [6.07, 6.45) is 4.80. The molecule has 2 aliphatic rings. The Kier molecular flexibility index (Phi) is 7.55. The van der Waals surface area contributed by atoms with Crippen LogP contribution in [0.3, 0.4) is 0 Å². The standard InChI is InChI=1S/C23H38O6/c1-14(2)12-26-22(5,6)28-20(24)18-16-9-10-17(11-16)19(18)21(25)29-23(7,8)27-13-15(3)4/h9-10,14-19H,11-13H2,1-8H3. The summed E-state index contributed by atoms with van der Waals surface area (Å²) in [4.78, 5) is 26.0. The third-order valence-electron chi connectivity index (χ3n) is 5.22. The van der Waals surface area contributed by atoms with Crippen LogP contribution in [-0.2, 0) is 28.5 Å². The molecular weight excluding hydrogens is 372 g/mol. The van der Waals surface area contributed by atoms with Gasteiger partial charge in [-0.05, 0) is 30.1 Å². The molecule has 2 bridgehead atoms. The molecule has 1 fully saturated rings. The Bertz CT molecular complexity index is 567. The van der Waals surface area contributed by atoms with E-state index in [0.717, 1.165) is 6.42 Å². The average molecular weight is 411 g/mol. The van der Waals surface area contributed by atoms with Gasteiger partial charge >= 0.3 is 11.9 Å². The fourth-order valence-electron chi connectivity index (χ4n) is 3.88. The van der Waals surface area contributed by atoms with Crippen molar-refractivity contribution in [2.45, 2.75) is 73.4 Å². The minimum absolute atomic E-state index is 0.00866. The lowest BCUT2D eigenvalue weighted by Crippen LogP contribution is -2.43. The van der Waals surface area contributed by atoms with Crippen LogP contribution in [-0.4, -0.2) is 36.7 Å². The van der Waals surface area contributed by atoms with Crippen molar-refractivity contribution in [3.8, 4) is 0 Å². The van der Waals surface area contributed by atoms with Crippen LogP contribution in [0, 0.1) is 35.5 Å². The second-order valence-electron chi connectivity index (χ2n) is 10.1. The lowest BCUT2D eigenvalue weighted by atomic mass is 9.83. The Morgan fingerprint density at radius 3 is 1.45 bits per heavy atom. The van der Waals surface area contributed by atoms with Gasteiger partial charge in [-0.3, -0.25) is 9.59 Å². The summed E-state index contributed by atoms with van der Waals surface area (Å²) < 4.78 is 22.8. The number of hydrogen-bond acceptors (Lipinski definition) is 6. The fraction of sp³-hybridized carbons (Fsp3) is 0.826. The number of carbonyl (C=O) groups excluding carboxylic acids is 2. The maximum atomic E-state index is 13.0. The van der Waals surface area contributed by atoms with E-state index in [1.165, 1.54) is 0 Å². The Morgan fingerprint density at radius 1 is 0.793 bits per heavy atom. The van der Waals surface area contributed by atoms with Crippen molar-refractivity contribution in [2.24, 2.45) is 35.5 Å². The molecule has 2 aliphatic carbocycles. The number of fused-ring (bicyclic) bond motifs is 2. The van der Waals surface area contributed by atoms with E-state index in [0.29, 0.717) is 25.0 Å². The van der Waals surface area contributed by atoms with E-state index in [1.807, 2.05) is 39.8 Å². The molecule has 6 heteroatoms. The molecule has 6 nitrogen and oxygen atoms in total. The molecule has 0 aromatic rings. The highest BCUT2D eigenvalue weighted by molar-refractivity contribution is 5.84. The first-order chi connectivity index (χ1) is 13.3. The van der Waals surface area contributed by atoms with Gasteiger partial charge in [0.2, 0.25) is 11.6 Å². The summed E-state index contributed by atoms with van der Waals surface area (Å²) >= 11 is 0. The summed E-state index contributed by atoms with van der Waals surface area (Å²) in [7, 11) is 0. The van der Waals surface area contributed by atoms with Crippen molar-refractivity contribution in [1.82, 2.24) is 0 Å². The number of hydrogen-bond donors (Lipinski definition) is 0. The van der Waals surface area contributed by atoms with Gasteiger partial charge in [0.05, 0.1) is 25.0 Å². The van der Waals surface area contributed by atoms with Gasteiger partial charge in [0.1, 0.15) is 0 Å². The number of allylic oxidation sites excluding steroid dienone is 2. The summed E-state index contributed by atoms with van der Waals surface area (Å²) in [5.41, 5.74) is 0. The minimum atomic E-state index is -1.04. The van der Waals surface area contributed by atoms with Gasteiger partial charge in [-0.2, -0.15) is 0 Å². The van der Waals surface area contributed by atoms with E-state index in [-0.39, 0.29) is 11.8 Å². The first-order valence-electron chi connectivity index (χ1n) is 10.7. The molecule has 166 valence electrons. The molecule has 1 saturated carbocycles. The fourth-order valence-corrected chi connectivity index (χ4v) is 3.88. The first-order valence-corrected chi connectivity index (χ1v) is 10.7. The van der Waals surface area contributed by atoms with Crippen molar-refractivity contribution < 1.29 is 28.5 Å². The molecule has 0 spiro atoms. The molecule has 0 aliphatic heterocycles. The zero-order valence-corrected chi connectivity index (χ0v) is 19.2. The molecule has 4 atom stereocenters. The van der Waals surface area contributed by atoms with E-state index in [4.69, 9.17) is 18.9 Å². The maximum absolute atomic E-state index is 13.0. The zero-order valence-electron chi connectivity index (χ0n) is 19.2. The van der Waals surface area contributed by atoms with Crippen LogP contribution < -0.4 is 0 Å². The summed E-state index contributed by atoms with van der Waals surface area (Å²) in [5.74, 6) is -3.36. The number of carbonyl (C=O) groups is 2. The molecule has 0 aromatic carbocycles. The lowest BCUT2D eigenvalue weighted by molar-refractivity contribution is -0.232. The molecule has 2 rings (SSSR count). The number of ether oxygens (including phenoxy) is 4. The van der Waals surface area contributed by atoms with E-state index < -0.39 is 35.3 Å². The normalized spacial score (nSPS) is 26.4. The van der Waals surface area contributed by atoms with Gasteiger partial charge in [0, 0.05) is 27.7 Å². The molecule has 0 amide bonds. The number of rotatable bonds is 10. The summed E-state index contributed by atoms with van der Waals surface area (Å²) in [6.45, 7) is 16.0. The third-order valence-corrected chi connectivity index (χ3v) is 5.22. The summed E-state index contributed by atoms with van der Waals surface area (Å²) in [6, 6.07) is 0. The quantitative estimate of drug-likeness (QED) is 0.303. The highest BCUT2D eigenvalue weighted by Gasteiger charge is 2.54. The predicted octanol–water partition coefficient (Wildman–Crippen LogP) is 4.33. The van der Waals surface area contributed by atoms with Crippen molar-refractivity contribution in [3.63, 3.8) is 0 Å². The van der Waals surface area contributed by atoms with Gasteiger partial charge < -0.3 is 18.9 Å². The van der Waals surface area contributed by atoms with Crippen molar-refractivity contribution in [2.75, 3.05) is 13.2 Å². The molecule has 0 heterocycles. The number of esters is 2. The predicted molar refractivity (Wildman–Crippen MR) is 110 cm³/mol. The van der Waals surface area contributed by atoms with Crippen LogP contribution in [0.15, 0.2) is 12.2 Å².